The predicted octanol–water partition coefficient (Wildman–Crippen LogP) is 5.66. The lowest BCUT2D eigenvalue weighted by Gasteiger charge is -2.13. The lowest BCUT2D eigenvalue weighted by Crippen LogP contribution is -2.13. The van der Waals surface area contributed by atoms with Crippen molar-refractivity contribution in [2.45, 2.75) is 41.5 Å². The second-order valence-corrected chi connectivity index (χ2v) is 8.08. The minimum Gasteiger partial charge on any atom is -0.354 e. The summed E-state index contributed by atoms with van der Waals surface area (Å²) in [5, 5.41) is 9.94. The van der Waals surface area contributed by atoms with Gasteiger partial charge in [0.15, 0.2) is 0 Å². The van der Waals surface area contributed by atoms with Crippen LogP contribution in [0.5, 0.6) is 0 Å². The Hall–Kier alpha value is -3.15. The van der Waals surface area contributed by atoms with E-state index in [2.05, 4.69) is 109 Å². The van der Waals surface area contributed by atoms with Crippen molar-refractivity contribution in [3.05, 3.63) is 58.7 Å². The Morgan fingerprint density at radius 3 is 1.38 bits per heavy atom. The second kappa shape index (κ2) is 8.90. The summed E-state index contributed by atoms with van der Waals surface area (Å²) in [4.78, 5) is 13.7. The molecule has 0 aliphatic carbocycles. The first-order chi connectivity index (χ1) is 13.8. The molecular weight excluding hydrogens is 360 g/mol. The smallest absolute Gasteiger partial charge is 0.233 e. The average molecular weight is 391 g/mol. The Morgan fingerprint density at radius 2 is 1.00 bits per heavy atom. The first-order valence-electron chi connectivity index (χ1n) is 9.97. The molecule has 6 heteroatoms. The first kappa shape index (κ1) is 20.6. The summed E-state index contributed by atoms with van der Waals surface area (Å²) in [6, 6.07) is 12.6. The van der Waals surface area contributed by atoms with Gasteiger partial charge in [-0.2, -0.15) is 15.0 Å². The minimum atomic E-state index is 0.485. The van der Waals surface area contributed by atoms with Gasteiger partial charge in [0.1, 0.15) is 0 Å². The Balaban J connectivity index is 1.91. The Labute approximate surface area is 173 Å². The third kappa shape index (κ3) is 6.17. The lowest BCUT2D eigenvalue weighted by atomic mass is 10.1. The summed E-state index contributed by atoms with van der Waals surface area (Å²) in [6.45, 7) is 13.4. The molecule has 0 fully saturated rings. The zero-order chi connectivity index (χ0) is 21.0. The summed E-state index contributed by atoms with van der Waals surface area (Å²) in [5.41, 5.74) is 6.67. The van der Waals surface area contributed by atoms with Crippen LogP contribution in [0.1, 0.15) is 36.1 Å². The zero-order valence-electron chi connectivity index (χ0n) is 18.1. The molecule has 0 amide bonds. The zero-order valence-corrected chi connectivity index (χ0v) is 18.1. The van der Waals surface area contributed by atoms with Crippen LogP contribution < -0.4 is 16.0 Å². The fourth-order valence-electron chi connectivity index (χ4n) is 3.21. The number of benzene rings is 2. The van der Waals surface area contributed by atoms with Crippen molar-refractivity contribution in [3.8, 4) is 0 Å². The average Bonchev–Trinajstić information content (AvgIpc) is 2.58. The first-order valence-corrected chi connectivity index (χ1v) is 9.97. The quantitative estimate of drug-likeness (QED) is 0.483. The van der Waals surface area contributed by atoms with Crippen molar-refractivity contribution in [2.75, 3.05) is 22.5 Å². The number of aryl methyl sites for hydroxylation is 4. The highest BCUT2D eigenvalue weighted by molar-refractivity contribution is 5.61. The van der Waals surface area contributed by atoms with Crippen molar-refractivity contribution in [1.82, 2.24) is 15.0 Å². The van der Waals surface area contributed by atoms with E-state index < -0.39 is 0 Å². The van der Waals surface area contributed by atoms with Gasteiger partial charge in [-0.05, 0) is 80.1 Å². The molecule has 0 saturated carbocycles. The van der Waals surface area contributed by atoms with E-state index in [0.29, 0.717) is 23.8 Å². The molecule has 2 aromatic carbocycles. The van der Waals surface area contributed by atoms with E-state index in [-0.39, 0.29) is 0 Å². The predicted molar refractivity (Wildman–Crippen MR) is 122 cm³/mol. The molecule has 0 aliphatic heterocycles. The number of hydrogen-bond donors (Lipinski definition) is 3. The third-order valence-electron chi connectivity index (χ3n) is 4.26. The molecule has 1 heterocycles. The standard InChI is InChI=1S/C23H30N6/c1-14(2)13-24-21-27-22(25-19-9-15(3)7-16(4)10-19)29-23(28-21)26-20-11-17(5)8-18(6)12-20/h7-12,14H,13H2,1-6H3,(H3,24,25,26,27,28,29). The summed E-state index contributed by atoms with van der Waals surface area (Å²) in [5.74, 6) is 2.04. The molecule has 0 radical (unpaired) electrons. The summed E-state index contributed by atoms with van der Waals surface area (Å²) in [7, 11) is 0. The molecule has 0 unspecified atom stereocenters. The van der Waals surface area contributed by atoms with E-state index >= 15 is 0 Å². The summed E-state index contributed by atoms with van der Waals surface area (Å²) < 4.78 is 0. The van der Waals surface area contributed by atoms with Gasteiger partial charge in [-0.25, -0.2) is 0 Å². The topological polar surface area (TPSA) is 74.8 Å². The molecule has 0 spiro atoms. The molecule has 3 aromatic rings. The molecule has 6 nitrogen and oxygen atoms in total. The van der Waals surface area contributed by atoms with E-state index in [1.165, 1.54) is 22.3 Å². The van der Waals surface area contributed by atoms with Crippen LogP contribution in [0.25, 0.3) is 0 Å². The Morgan fingerprint density at radius 1 is 0.621 bits per heavy atom. The van der Waals surface area contributed by atoms with E-state index in [1.54, 1.807) is 0 Å². The van der Waals surface area contributed by atoms with Gasteiger partial charge < -0.3 is 16.0 Å². The highest BCUT2D eigenvalue weighted by Crippen LogP contribution is 2.22. The fourth-order valence-corrected chi connectivity index (χ4v) is 3.21. The molecule has 3 rings (SSSR count). The van der Waals surface area contributed by atoms with E-state index in [0.717, 1.165) is 17.9 Å². The molecule has 29 heavy (non-hydrogen) atoms. The second-order valence-electron chi connectivity index (χ2n) is 8.08. The van der Waals surface area contributed by atoms with Crippen LogP contribution in [0.4, 0.5) is 29.2 Å². The SMILES string of the molecule is Cc1cc(C)cc(Nc2nc(NCC(C)C)nc(Nc3cc(C)cc(C)c3)n2)c1. The lowest BCUT2D eigenvalue weighted by molar-refractivity contribution is 0.684. The number of rotatable bonds is 7. The van der Waals surface area contributed by atoms with E-state index in [9.17, 15) is 0 Å². The maximum atomic E-state index is 4.59. The molecule has 0 atom stereocenters. The van der Waals surface area contributed by atoms with Crippen LogP contribution in [0.3, 0.4) is 0 Å². The van der Waals surface area contributed by atoms with Crippen LogP contribution in [-0.2, 0) is 0 Å². The van der Waals surface area contributed by atoms with Crippen LogP contribution in [-0.4, -0.2) is 21.5 Å². The van der Waals surface area contributed by atoms with Gasteiger partial charge in [-0.3, -0.25) is 0 Å². The number of anilines is 5. The third-order valence-corrected chi connectivity index (χ3v) is 4.26. The van der Waals surface area contributed by atoms with Gasteiger partial charge in [0.25, 0.3) is 0 Å². The highest BCUT2D eigenvalue weighted by Gasteiger charge is 2.09. The summed E-state index contributed by atoms with van der Waals surface area (Å²) in [6.07, 6.45) is 0. The van der Waals surface area contributed by atoms with E-state index in [1.807, 2.05) is 0 Å². The Bertz CT molecular complexity index is 884. The number of hydrogen-bond acceptors (Lipinski definition) is 6. The number of nitrogens with one attached hydrogen (secondary N) is 3. The normalized spacial score (nSPS) is 10.9. The largest absolute Gasteiger partial charge is 0.354 e. The summed E-state index contributed by atoms with van der Waals surface area (Å²) >= 11 is 0. The number of aromatic nitrogens is 3. The molecule has 3 N–H and O–H groups in total. The molecule has 0 bridgehead atoms. The van der Waals surface area contributed by atoms with Crippen LogP contribution >= 0.6 is 0 Å². The van der Waals surface area contributed by atoms with Crippen molar-refractivity contribution in [1.29, 1.82) is 0 Å². The minimum absolute atomic E-state index is 0.485. The van der Waals surface area contributed by atoms with Crippen molar-refractivity contribution < 1.29 is 0 Å². The van der Waals surface area contributed by atoms with Gasteiger partial charge in [0.2, 0.25) is 17.8 Å². The molecule has 0 aliphatic rings. The fraction of sp³-hybridized carbons (Fsp3) is 0.348. The van der Waals surface area contributed by atoms with Gasteiger partial charge in [0, 0.05) is 17.9 Å². The molecular formula is C23H30N6. The number of nitrogens with zero attached hydrogens (tertiary/aromatic N) is 3. The van der Waals surface area contributed by atoms with Gasteiger partial charge in [-0.15, -0.1) is 0 Å². The monoisotopic (exact) mass is 390 g/mol. The van der Waals surface area contributed by atoms with Crippen LogP contribution in [0.15, 0.2) is 36.4 Å². The Kier molecular flexibility index (Phi) is 6.32. The highest BCUT2D eigenvalue weighted by atomic mass is 15.3. The van der Waals surface area contributed by atoms with Gasteiger partial charge in [0.05, 0.1) is 0 Å². The van der Waals surface area contributed by atoms with Gasteiger partial charge >= 0.3 is 0 Å². The molecule has 152 valence electrons. The van der Waals surface area contributed by atoms with Crippen molar-refractivity contribution >= 4 is 29.2 Å². The maximum Gasteiger partial charge on any atom is 0.233 e. The molecule has 0 saturated heterocycles. The van der Waals surface area contributed by atoms with Crippen molar-refractivity contribution in [2.24, 2.45) is 5.92 Å². The molecule has 1 aromatic heterocycles. The van der Waals surface area contributed by atoms with Gasteiger partial charge in [-0.1, -0.05) is 26.0 Å². The van der Waals surface area contributed by atoms with Crippen molar-refractivity contribution in [3.63, 3.8) is 0 Å². The van der Waals surface area contributed by atoms with Crippen LogP contribution in [0.2, 0.25) is 0 Å². The maximum absolute atomic E-state index is 4.59. The van der Waals surface area contributed by atoms with E-state index in [4.69, 9.17) is 0 Å². The van der Waals surface area contributed by atoms with Crippen LogP contribution in [0, 0.1) is 33.6 Å².